The second-order valence-corrected chi connectivity index (χ2v) is 8.51. The minimum atomic E-state index is -0.547. The van der Waals surface area contributed by atoms with Crippen LogP contribution < -0.4 is 5.32 Å². The van der Waals surface area contributed by atoms with Crippen molar-refractivity contribution in [3.05, 3.63) is 62.8 Å². The summed E-state index contributed by atoms with van der Waals surface area (Å²) < 4.78 is 5.67. The predicted octanol–water partition coefficient (Wildman–Crippen LogP) is 4.16. The van der Waals surface area contributed by atoms with Gasteiger partial charge in [-0.2, -0.15) is 0 Å². The number of carbonyl (C=O) groups excluding carboxylic acids is 3. The molecule has 28 heavy (non-hydrogen) atoms. The van der Waals surface area contributed by atoms with Gasteiger partial charge >= 0.3 is 5.97 Å². The first-order valence-electron chi connectivity index (χ1n) is 8.31. The average molecular weight is 461 g/mol. The summed E-state index contributed by atoms with van der Waals surface area (Å²) in [5.41, 5.74) is 0.598. The summed E-state index contributed by atoms with van der Waals surface area (Å²) in [6.07, 6.45) is 0. The normalized spacial score (nSPS) is 10.5. The van der Waals surface area contributed by atoms with Crippen LogP contribution in [0.1, 0.15) is 20.0 Å². The van der Waals surface area contributed by atoms with E-state index in [1.54, 1.807) is 31.3 Å². The lowest BCUT2D eigenvalue weighted by molar-refractivity contribution is -0.116. The van der Waals surface area contributed by atoms with Crippen LogP contribution in [-0.4, -0.2) is 43.4 Å². The van der Waals surface area contributed by atoms with Gasteiger partial charge in [-0.25, -0.2) is 4.79 Å². The molecule has 8 heteroatoms. The molecule has 2 aromatic carbocycles. The van der Waals surface area contributed by atoms with E-state index < -0.39 is 11.9 Å². The van der Waals surface area contributed by atoms with Crippen molar-refractivity contribution in [2.45, 2.75) is 0 Å². The quantitative estimate of drug-likeness (QED) is 0.579. The number of ether oxygens (including phenoxy) is 1. The van der Waals surface area contributed by atoms with E-state index in [0.29, 0.717) is 10.6 Å². The first-order chi connectivity index (χ1) is 13.4. The summed E-state index contributed by atoms with van der Waals surface area (Å²) >= 11 is 4.62. The molecule has 0 bridgehead atoms. The van der Waals surface area contributed by atoms with Gasteiger partial charge < -0.3 is 15.0 Å². The largest absolute Gasteiger partial charge is 0.465 e. The fraction of sp³-hybridized carbons (Fsp3) is 0.150. The van der Waals surface area contributed by atoms with Gasteiger partial charge in [0.1, 0.15) is 0 Å². The number of halogens is 1. The van der Waals surface area contributed by atoms with Crippen molar-refractivity contribution in [1.29, 1.82) is 0 Å². The summed E-state index contributed by atoms with van der Waals surface area (Å²) in [6.45, 7) is -0.151. The second kappa shape index (κ2) is 8.53. The fourth-order valence-electron chi connectivity index (χ4n) is 2.72. The molecule has 0 fully saturated rings. The van der Waals surface area contributed by atoms with E-state index in [0.717, 1.165) is 14.6 Å². The molecule has 2 amide bonds. The summed E-state index contributed by atoms with van der Waals surface area (Å²) in [4.78, 5) is 38.9. The lowest BCUT2D eigenvalue weighted by Crippen LogP contribution is -2.34. The van der Waals surface area contributed by atoms with Crippen molar-refractivity contribution in [3.8, 4) is 0 Å². The third kappa shape index (κ3) is 4.40. The highest BCUT2D eigenvalue weighted by Crippen LogP contribution is 2.25. The fourth-order valence-corrected chi connectivity index (χ4v) is 4.10. The van der Waals surface area contributed by atoms with Crippen LogP contribution >= 0.6 is 27.3 Å². The molecule has 0 saturated carbocycles. The molecule has 0 aliphatic carbocycles. The molecule has 0 aliphatic rings. The highest BCUT2D eigenvalue weighted by molar-refractivity contribution is 9.11. The molecule has 6 nitrogen and oxygen atoms in total. The smallest absolute Gasteiger partial charge is 0.339 e. The number of nitrogens with zero attached hydrogens (tertiary/aromatic N) is 1. The SMILES string of the molecule is COC(=O)c1cc2ccccc2cc1NC(=O)CN(C)C(=O)c1ccc(Br)s1. The van der Waals surface area contributed by atoms with Crippen molar-refractivity contribution in [3.63, 3.8) is 0 Å². The maximum Gasteiger partial charge on any atom is 0.339 e. The number of likely N-dealkylation sites (N-methyl/N-ethyl adjacent to an activating group) is 1. The minimum absolute atomic E-state index is 0.151. The van der Waals surface area contributed by atoms with Crippen LogP contribution in [0.5, 0.6) is 0 Å². The topological polar surface area (TPSA) is 75.7 Å². The minimum Gasteiger partial charge on any atom is -0.465 e. The number of anilines is 1. The monoisotopic (exact) mass is 460 g/mol. The maximum absolute atomic E-state index is 12.5. The number of methoxy groups -OCH3 is 1. The molecule has 0 aliphatic heterocycles. The molecule has 0 atom stereocenters. The van der Waals surface area contributed by atoms with E-state index in [2.05, 4.69) is 21.2 Å². The zero-order valence-electron chi connectivity index (χ0n) is 15.2. The van der Waals surface area contributed by atoms with Gasteiger partial charge in [0.05, 0.1) is 33.6 Å². The van der Waals surface area contributed by atoms with E-state index >= 15 is 0 Å². The number of rotatable bonds is 5. The van der Waals surface area contributed by atoms with Gasteiger partial charge in [0.2, 0.25) is 5.91 Å². The van der Waals surface area contributed by atoms with Crippen LogP contribution in [0, 0.1) is 0 Å². The number of fused-ring (bicyclic) bond motifs is 1. The summed E-state index contributed by atoms with van der Waals surface area (Å²) in [5, 5.41) is 4.45. The van der Waals surface area contributed by atoms with E-state index in [1.165, 1.54) is 23.3 Å². The van der Waals surface area contributed by atoms with Crippen LogP contribution in [0.3, 0.4) is 0 Å². The predicted molar refractivity (Wildman–Crippen MR) is 113 cm³/mol. The molecular weight excluding hydrogens is 444 g/mol. The Bertz CT molecular complexity index is 1060. The number of thiophene rings is 1. The number of esters is 1. The zero-order chi connectivity index (χ0) is 20.3. The Kier molecular flexibility index (Phi) is 6.11. The van der Waals surface area contributed by atoms with Gasteiger partial charge in [0, 0.05) is 7.05 Å². The Labute approximate surface area is 174 Å². The standard InChI is InChI=1S/C20H17BrN2O4S/c1-23(19(25)16-7-8-17(21)28-16)11-18(24)22-15-10-13-6-4-3-5-12(13)9-14(15)20(26)27-2/h3-10H,11H2,1-2H3,(H,22,24). The van der Waals surface area contributed by atoms with Crippen LogP contribution in [-0.2, 0) is 9.53 Å². The zero-order valence-corrected chi connectivity index (χ0v) is 17.6. The Morgan fingerprint density at radius 1 is 1.11 bits per heavy atom. The number of hydrogen-bond donors (Lipinski definition) is 1. The maximum atomic E-state index is 12.5. The van der Waals surface area contributed by atoms with Gasteiger partial charge in [-0.1, -0.05) is 24.3 Å². The molecule has 3 aromatic rings. The molecular formula is C20H17BrN2O4S. The van der Waals surface area contributed by atoms with Crippen molar-refractivity contribution < 1.29 is 19.1 Å². The van der Waals surface area contributed by atoms with Gasteiger partial charge in [0.25, 0.3) is 5.91 Å². The van der Waals surface area contributed by atoms with Crippen molar-refractivity contribution in [2.24, 2.45) is 0 Å². The molecule has 0 saturated heterocycles. The van der Waals surface area contributed by atoms with Crippen molar-refractivity contribution in [1.82, 2.24) is 4.90 Å². The number of amides is 2. The first-order valence-corrected chi connectivity index (χ1v) is 9.91. The van der Waals surface area contributed by atoms with E-state index in [1.807, 2.05) is 24.3 Å². The van der Waals surface area contributed by atoms with Gasteiger partial charge in [-0.05, 0) is 51.0 Å². The van der Waals surface area contributed by atoms with Crippen molar-refractivity contribution in [2.75, 3.05) is 26.0 Å². The molecule has 1 heterocycles. The molecule has 0 radical (unpaired) electrons. The third-order valence-electron chi connectivity index (χ3n) is 4.08. The van der Waals surface area contributed by atoms with E-state index in [-0.39, 0.29) is 18.0 Å². The second-order valence-electron chi connectivity index (χ2n) is 6.05. The number of carbonyl (C=O) groups is 3. The van der Waals surface area contributed by atoms with Gasteiger partial charge in [0.15, 0.2) is 0 Å². The Balaban J connectivity index is 1.80. The average Bonchev–Trinajstić information content (AvgIpc) is 3.12. The molecule has 3 rings (SSSR count). The molecule has 0 spiro atoms. The molecule has 0 unspecified atom stereocenters. The molecule has 1 aromatic heterocycles. The van der Waals surface area contributed by atoms with Crippen LogP contribution in [0.15, 0.2) is 52.3 Å². The van der Waals surface area contributed by atoms with Gasteiger partial charge in [-0.3, -0.25) is 9.59 Å². The molecule has 1 N–H and O–H groups in total. The van der Waals surface area contributed by atoms with Gasteiger partial charge in [-0.15, -0.1) is 11.3 Å². The lowest BCUT2D eigenvalue weighted by atomic mass is 10.0. The van der Waals surface area contributed by atoms with Crippen LogP contribution in [0.2, 0.25) is 0 Å². The summed E-state index contributed by atoms with van der Waals surface area (Å²) in [5.74, 6) is -1.21. The Hall–Kier alpha value is -2.71. The Morgan fingerprint density at radius 3 is 2.39 bits per heavy atom. The lowest BCUT2D eigenvalue weighted by Gasteiger charge is -2.17. The third-order valence-corrected chi connectivity index (χ3v) is 5.69. The number of nitrogens with one attached hydrogen (secondary N) is 1. The van der Waals surface area contributed by atoms with Crippen LogP contribution in [0.4, 0.5) is 5.69 Å². The van der Waals surface area contributed by atoms with Crippen LogP contribution in [0.25, 0.3) is 10.8 Å². The Morgan fingerprint density at radius 2 is 1.79 bits per heavy atom. The first kappa shape index (κ1) is 20.0. The number of hydrogen-bond acceptors (Lipinski definition) is 5. The van der Waals surface area contributed by atoms with Crippen molar-refractivity contribution >= 4 is 61.5 Å². The van der Waals surface area contributed by atoms with E-state index in [4.69, 9.17) is 4.74 Å². The summed E-state index contributed by atoms with van der Waals surface area (Å²) in [6, 6.07) is 14.4. The number of benzene rings is 2. The van der Waals surface area contributed by atoms with E-state index in [9.17, 15) is 14.4 Å². The summed E-state index contributed by atoms with van der Waals surface area (Å²) in [7, 11) is 2.84. The highest BCUT2D eigenvalue weighted by atomic mass is 79.9. The highest BCUT2D eigenvalue weighted by Gasteiger charge is 2.19. The molecule has 144 valence electrons.